The van der Waals surface area contributed by atoms with Crippen molar-refractivity contribution in [2.24, 2.45) is 0 Å². The van der Waals surface area contributed by atoms with Crippen molar-refractivity contribution in [1.82, 2.24) is 10.3 Å². The molecule has 1 unspecified atom stereocenters. The number of aromatic nitrogens is 1. The van der Waals surface area contributed by atoms with Crippen LogP contribution >= 0.6 is 0 Å². The second kappa shape index (κ2) is 6.86. The van der Waals surface area contributed by atoms with Gasteiger partial charge in [0.15, 0.2) is 0 Å². The Morgan fingerprint density at radius 3 is 2.70 bits per heavy atom. The number of aliphatic hydroxyl groups excluding tert-OH is 1. The van der Waals surface area contributed by atoms with E-state index in [9.17, 15) is 9.50 Å². The summed E-state index contributed by atoms with van der Waals surface area (Å²) in [6.45, 7) is 2.96. The standard InChI is InChI=1S/C19H19FN2O/c1-13-4-6-14(7-5-13)18(23)12-21-11-15-8-9-17(20)16-3-2-10-22-19(15)16/h2-10,18,21,23H,11-12H2,1H3. The predicted octanol–water partition coefficient (Wildman–Crippen LogP) is 3.51. The Hall–Kier alpha value is -2.30. The maximum absolute atomic E-state index is 13.8. The van der Waals surface area contributed by atoms with Crippen molar-refractivity contribution in [3.8, 4) is 0 Å². The molecule has 0 saturated carbocycles. The van der Waals surface area contributed by atoms with Gasteiger partial charge in [-0.3, -0.25) is 4.98 Å². The molecule has 0 saturated heterocycles. The van der Waals surface area contributed by atoms with Gasteiger partial charge in [-0.15, -0.1) is 0 Å². The van der Waals surface area contributed by atoms with Gasteiger partial charge in [0.1, 0.15) is 5.82 Å². The van der Waals surface area contributed by atoms with Crippen LogP contribution in [0.4, 0.5) is 4.39 Å². The summed E-state index contributed by atoms with van der Waals surface area (Å²) in [5.41, 5.74) is 3.62. The average Bonchev–Trinajstić information content (AvgIpc) is 2.58. The van der Waals surface area contributed by atoms with Gasteiger partial charge in [-0.25, -0.2) is 4.39 Å². The first-order valence-electron chi connectivity index (χ1n) is 7.62. The number of halogens is 1. The number of nitrogens with one attached hydrogen (secondary N) is 1. The van der Waals surface area contributed by atoms with Crippen molar-refractivity contribution >= 4 is 10.9 Å². The van der Waals surface area contributed by atoms with Crippen molar-refractivity contribution in [2.75, 3.05) is 6.54 Å². The number of pyridine rings is 1. The van der Waals surface area contributed by atoms with Crippen LogP contribution in [0.15, 0.2) is 54.7 Å². The minimum absolute atomic E-state index is 0.267. The molecule has 0 fully saturated rings. The quantitative estimate of drug-likeness (QED) is 0.758. The van der Waals surface area contributed by atoms with E-state index in [0.717, 1.165) is 16.7 Å². The van der Waals surface area contributed by atoms with Crippen molar-refractivity contribution in [3.05, 3.63) is 77.2 Å². The highest BCUT2D eigenvalue weighted by Gasteiger charge is 2.09. The molecule has 0 aliphatic carbocycles. The van der Waals surface area contributed by atoms with Crippen LogP contribution in [0.1, 0.15) is 22.8 Å². The summed E-state index contributed by atoms with van der Waals surface area (Å²) < 4.78 is 13.8. The van der Waals surface area contributed by atoms with Crippen LogP contribution < -0.4 is 5.32 Å². The summed E-state index contributed by atoms with van der Waals surface area (Å²) in [5, 5.41) is 13.9. The van der Waals surface area contributed by atoms with Gasteiger partial charge >= 0.3 is 0 Å². The van der Waals surface area contributed by atoms with Gasteiger partial charge < -0.3 is 10.4 Å². The van der Waals surface area contributed by atoms with Gasteiger partial charge in [0.05, 0.1) is 11.6 Å². The summed E-state index contributed by atoms with van der Waals surface area (Å²) >= 11 is 0. The Bertz CT molecular complexity index is 802. The lowest BCUT2D eigenvalue weighted by Crippen LogP contribution is -2.21. The molecule has 4 heteroatoms. The highest BCUT2D eigenvalue weighted by Crippen LogP contribution is 2.20. The second-order valence-corrected chi connectivity index (χ2v) is 5.66. The van der Waals surface area contributed by atoms with Crippen LogP contribution in [0.2, 0.25) is 0 Å². The molecular weight excluding hydrogens is 291 g/mol. The molecule has 2 aromatic carbocycles. The molecule has 3 aromatic rings. The summed E-state index contributed by atoms with van der Waals surface area (Å²) in [6, 6.07) is 14.5. The SMILES string of the molecule is Cc1ccc(C(O)CNCc2ccc(F)c3cccnc23)cc1. The molecule has 0 radical (unpaired) electrons. The predicted molar refractivity (Wildman–Crippen MR) is 89.5 cm³/mol. The molecule has 118 valence electrons. The molecule has 0 aliphatic rings. The van der Waals surface area contributed by atoms with Crippen molar-refractivity contribution in [3.63, 3.8) is 0 Å². The Balaban J connectivity index is 1.67. The molecule has 0 aliphatic heterocycles. The highest BCUT2D eigenvalue weighted by molar-refractivity contribution is 5.82. The minimum Gasteiger partial charge on any atom is -0.387 e. The van der Waals surface area contributed by atoms with Gasteiger partial charge in [0, 0.05) is 24.7 Å². The Morgan fingerprint density at radius 2 is 1.91 bits per heavy atom. The summed E-state index contributed by atoms with van der Waals surface area (Å²) in [4.78, 5) is 4.27. The van der Waals surface area contributed by atoms with Gasteiger partial charge in [0.2, 0.25) is 0 Å². The van der Waals surface area contributed by atoms with E-state index in [4.69, 9.17) is 0 Å². The molecule has 0 bridgehead atoms. The summed E-state index contributed by atoms with van der Waals surface area (Å²) in [6.07, 6.45) is 1.09. The first-order valence-corrected chi connectivity index (χ1v) is 7.62. The number of benzene rings is 2. The summed E-state index contributed by atoms with van der Waals surface area (Å²) in [7, 11) is 0. The Morgan fingerprint density at radius 1 is 1.13 bits per heavy atom. The molecule has 3 nitrogen and oxygen atoms in total. The van der Waals surface area contributed by atoms with E-state index in [1.54, 1.807) is 24.4 Å². The van der Waals surface area contributed by atoms with E-state index in [1.165, 1.54) is 6.07 Å². The number of hydrogen-bond donors (Lipinski definition) is 2. The van der Waals surface area contributed by atoms with Crippen molar-refractivity contribution in [2.45, 2.75) is 19.6 Å². The third-order valence-electron chi connectivity index (χ3n) is 3.92. The van der Waals surface area contributed by atoms with Crippen LogP contribution in [-0.2, 0) is 6.54 Å². The second-order valence-electron chi connectivity index (χ2n) is 5.66. The van der Waals surface area contributed by atoms with Crippen LogP contribution in [0.5, 0.6) is 0 Å². The van der Waals surface area contributed by atoms with E-state index >= 15 is 0 Å². The van der Waals surface area contributed by atoms with E-state index in [1.807, 2.05) is 31.2 Å². The third kappa shape index (κ3) is 3.55. The lowest BCUT2D eigenvalue weighted by atomic mass is 10.1. The number of fused-ring (bicyclic) bond motifs is 1. The van der Waals surface area contributed by atoms with Crippen LogP contribution in [0.3, 0.4) is 0 Å². The number of hydrogen-bond acceptors (Lipinski definition) is 3. The van der Waals surface area contributed by atoms with E-state index in [2.05, 4.69) is 10.3 Å². The Kier molecular flexibility index (Phi) is 4.65. The van der Waals surface area contributed by atoms with Crippen molar-refractivity contribution < 1.29 is 9.50 Å². The molecule has 1 heterocycles. The zero-order valence-corrected chi connectivity index (χ0v) is 13.0. The third-order valence-corrected chi connectivity index (χ3v) is 3.92. The smallest absolute Gasteiger partial charge is 0.132 e. The number of aliphatic hydroxyl groups is 1. The largest absolute Gasteiger partial charge is 0.387 e. The van der Waals surface area contributed by atoms with Crippen LogP contribution in [-0.4, -0.2) is 16.6 Å². The zero-order chi connectivity index (χ0) is 16.2. The van der Waals surface area contributed by atoms with Crippen LogP contribution in [0.25, 0.3) is 10.9 Å². The van der Waals surface area contributed by atoms with Gasteiger partial charge in [-0.05, 0) is 36.2 Å². The highest BCUT2D eigenvalue weighted by atomic mass is 19.1. The van der Waals surface area contributed by atoms with Crippen molar-refractivity contribution in [1.29, 1.82) is 0 Å². The monoisotopic (exact) mass is 310 g/mol. The number of aryl methyl sites for hydroxylation is 1. The van der Waals surface area contributed by atoms with Gasteiger partial charge in [0.25, 0.3) is 0 Å². The van der Waals surface area contributed by atoms with Gasteiger partial charge in [-0.1, -0.05) is 35.9 Å². The fraction of sp³-hybridized carbons (Fsp3) is 0.211. The molecule has 0 amide bonds. The molecule has 2 N–H and O–H groups in total. The lowest BCUT2D eigenvalue weighted by Gasteiger charge is -2.13. The molecular formula is C19H19FN2O. The van der Waals surface area contributed by atoms with Crippen LogP contribution in [0, 0.1) is 12.7 Å². The number of nitrogens with zero attached hydrogens (tertiary/aromatic N) is 1. The summed E-state index contributed by atoms with van der Waals surface area (Å²) in [5.74, 6) is -0.267. The Labute approximate surface area is 134 Å². The fourth-order valence-electron chi connectivity index (χ4n) is 2.59. The van der Waals surface area contributed by atoms with E-state index in [-0.39, 0.29) is 5.82 Å². The normalized spacial score (nSPS) is 12.5. The number of rotatable bonds is 5. The molecule has 1 aromatic heterocycles. The maximum Gasteiger partial charge on any atom is 0.132 e. The van der Waals surface area contributed by atoms with E-state index < -0.39 is 6.10 Å². The average molecular weight is 310 g/mol. The molecule has 23 heavy (non-hydrogen) atoms. The first kappa shape index (κ1) is 15.6. The topological polar surface area (TPSA) is 45.1 Å². The lowest BCUT2D eigenvalue weighted by molar-refractivity contribution is 0.174. The van der Waals surface area contributed by atoms with Gasteiger partial charge in [-0.2, -0.15) is 0 Å². The van der Waals surface area contributed by atoms with E-state index in [0.29, 0.717) is 24.0 Å². The maximum atomic E-state index is 13.8. The zero-order valence-electron chi connectivity index (χ0n) is 13.0. The minimum atomic E-state index is -0.574. The molecule has 3 rings (SSSR count). The molecule has 1 atom stereocenters. The molecule has 0 spiro atoms. The fourth-order valence-corrected chi connectivity index (χ4v) is 2.59. The first-order chi connectivity index (χ1) is 11.1.